The van der Waals surface area contributed by atoms with Crippen LogP contribution in [0.3, 0.4) is 0 Å². The fourth-order valence-corrected chi connectivity index (χ4v) is 10.6. The highest BCUT2D eigenvalue weighted by Crippen LogP contribution is 2.45. The molecule has 0 saturated heterocycles. The van der Waals surface area contributed by atoms with Gasteiger partial charge in [-0.05, 0) is 112 Å². The van der Waals surface area contributed by atoms with Crippen LogP contribution in [0.5, 0.6) is 0 Å². The second-order valence-electron chi connectivity index (χ2n) is 17.2. The Morgan fingerprint density at radius 3 is 1.42 bits per heavy atom. The van der Waals surface area contributed by atoms with Crippen molar-refractivity contribution in [2.75, 3.05) is 4.90 Å². The van der Waals surface area contributed by atoms with Crippen LogP contribution >= 0.6 is 0 Å². The largest absolute Gasteiger partial charge is 0.455 e. The quantitative estimate of drug-likeness (QED) is 0.167. The predicted molar refractivity (Wildman–Crippen MR) is 276 cm³/mol. The lowest BCUT2D eigenvalue weighted by Crippen LogP contribution is -2.10. The predicted octanol–water partition coefficient (Wildman–Crippen LogP) is 17.7. The molecule has 0 fully saturated rings. The fraction of sp³-hybridized carbons (Fsp3) is 0. The average Bonchev–Trinajstić information content (AvgIpc) is 4.07. The Balaban J connectivity index is 0.947. The van der Waals surface area contributed by atoms with Gasteiger partial charge in [-0.1, -0.05) is 152 Å². The Morgan fingerprint density at radius 2 is 0.818 bits per heavy atom. The van der Waals surface area contributed by atoms with Crippen LogP contribution in [0.1, 0.15) is 0 Å². The summed E-state index contributed by atoms with van der Waals surface area (Å²) in [7, 11) is 0. The number of hydrogen-bond donors (Lipinski definition) is 0. The van der Waals surface area contributed by atoms with Crippen molar-refractivity contribution in [2.24, 2.45) is 0 Å². The number of benzene rings is 11. The second-order valence-corrected chi connectivity index (χ2v) is 17.2. The molecule has 0 unspecified atom stereocenters. The van der Waals surface area contributed by atoms with Crippen LogP contribution < -0.4 is 4.90 Å². The Labute approximate surface area is 379 Å². The van der Waals surface area contributed by atoms with Crippen LogP contribution in [0.4, 0.5) is 17.1 Å². The highest BCUT2D eigenvalue weighted by Gasteiger charge is 2.21. The summed E-state index contributed by atoms with van der Waals surface area (Å²) in [6.45, 7) is 0. The van der Waals surface area contributed by atoms with Gasteiger partial charge in [0.05, 0.1) is 11.0 Å². The SMILES string of the molecule is c1cc(-c2cccc3oc4c5ccccc5ccc4c23)cc(N(c2ccc(-c3cccc4oc5c6ccccc6ccc5c34)cc2)c2cccc(-n3c4ccccc4c4ccccc43)c2)c1. The van der Waals surface area contributed by atoms with Crippen LogP contribution in [0.2, 0.25) is 0 Å². The number of furan rings is 2. The van der Waals surface area contributed by atoms with E-state index in [-0.39, 0.29) is 0 Å². The van der Waals surface area contributed by atoms with Gasteiger partial charge in [0.1, 0.15) is 22.3 Å². The molecule has 14 rings (SSSR count). The summed E-state index contributed by atoms with van der Waals surface area (Å²) < 4.78 is 15.6. The van der Waals surface area contributed by atoms with E-state index in [2.05, 4.69) is 240 Å². The smallest absolute Gasteiger partial charge is 0.143 e. The van der Waals surface area contributed by atoms with Crippen molar-refractivity contribution in [3.63, 3.8) is 0 Å². The van der Waals surface area contributed by atoms with Crippen LogP contribution in [-0.4, -0.2) is 4.57 Å². The Bertz CT molecular complexity index is 4190. The maximum absolute atomic E-state index is 6.65. The Morgan fingerprint density at radius 1 is 0.318 bits per heavy atom. The molecular weight excluding hydrogens is 805 g/mol. The van der Waals surface area contributed by atoms with E-state index in [9.17, 15) is 0 Å². The first-order valence-corrected chi connectivity index (χ1v) is 22.5. The average molecular weight is 843 g/mol. The summed E-state index contributed by atoms with van der Waals surface area (Å²) in [4.78, 5) is 2.38. The molecule has 0 radical (unpaired) electrons. The van der Waals surface area contributed by atoms with Gasteiger partial charge in [0.25, 0.3) is 0 Å². The number of nitrogens with zero attached hydrogens (tertiary/aromatic N) is 2. The number of fused-ring (bicyclic) bond motifs is 13. The van der Waals surface area contributed by atoms with Gasteiger partial charge in [0, 0.05) is 65.8 Å². The molecule has 0 aliphatic rings. The van der Waals surface area contributed by atoms with Crippen LogP contribution in [-0.2, 0) is 0 Å². The molecule has 11 aromatic carbocycles. The van der Waals surface area contributed by atoms with E-state index in [4.69, 9.17) is 8.83 Å². The maximum atomic E-state index is 6.65. The standard InChI is InChI=1S/C62H38N2O2/c1-3-19-49-39(13-1)31-35-53-59-47(23-11-27-57(59)65-61(49)53)41-29-33-43(34-30-41)63(45-17-10-18-46(38-45)64-55-25-7-5-21-51(55)52-22-6-8-26-56(52)64)44-16-9-15-42(37-44)48-24-12-28-58-60(48)54-36-32-40-14-2-4-20-50(40)62(54)66-58/h1-38H. The third-order valence-corrected chi connectivity index (χ3v) is 13.6. The molecule has 66 heavy (non-hydrogen) atoms. The summed E-state index contributed by atoms with van der Waals surface area (Å²) in [5.41, 5.74) is 14.7. The van der Waals surface area contributed by atoms with E-state index >= 15 is 0 Å². The lowest BCUT2D eigenvalue weighted by atomic mass is 9.97. The highest BCUT2D eigenvalue weighted by molar-refractivity contribution is 6.20. The molecule has 0 bridgehead atoms. The molecule has 0 aliphatic carbocycles. The molecule has 0 aliphatic heterocycles. The molecule has 3 heterocycles. The van der Waals surface area contributed by atoms with Gasteiger partial charge in [-0.25, -0.2) is 0 Å². The van der Waals surface area contributed by atoms with Gasteiger partial charge < -0.3 is 18.3 Å². The van der Waals surface area contributed by atoms with Gasteiger partial charge in [-0.2, -0.15) is 0 Å². The number of anilines is 3. The van der Waals surface area contributed by atoms with Crippen LogP contribution in [0.15, 0.2) is 239 Å². The van der Waals surface area contributed by atoms with Crippen molar-refractivity contribution in [2.45, 2.75) is 0 Å². The van der Waals surface area contributed by atoms with Crippen LogP contribution in [0.25, 0.3) is 115 Å². The molecule has 0 N–H and O–H groups in total. The van der Waals surface area contributed by atoms with E-state index < -0.39 is 0 Å². The minimum Gasteiger partial charge on any atom is -0.455 e. The normalized spacial score (nSPS) is 11.9. The lowest BCUT2D eigenvalue weighted by Gasteiger charge is -2.27. The van der Waals surface area contributed by atoms with E-state index in [1.54, 1.807) is 0 Å². The third-order valence-electron chi connectivity index (χ3n) is 13.6. The highest BCUT2D eigenvalue weighted by atomic mass is 16.3. The molecule has 4 heteroatoms. The van der Waals surface area contributed by atoms with Crippen molar-refractivity contribution < 1.29 is 8.83 Å². The molecule has 308 valence electrons. The summed E-state index contributed by atoms with van der Waals surface area (Å²) >= 11 is 0. The molecule has 0 atom stereocenters. The van der Waals surface area contributed by atoms with Crippen molar-refractivity contribution in [3.8, 4) is 27.9 Å². The zero-order chi connectivity index (χ0) is 43.3. The van der Waals surface area contributed by atoms with E-state index in [1.165, 1.54) is 32.6 Å². The zero-order valence-electron chi connectivity index (χ0n) is 35.7. The van der Waals surface area contributed by atoms with E-state index in [1.807, 2.05) is 0 Å². The van der Waals surface area contributed by atoms with E-state index in [0.29, 0.717) is 0 Å². The second kappa shape index (κ2) is 14.3. The van der Waals surface area contributed by atoms with Gasteiger partial charge in [0.2, 0.25) is 0 Å². The molecule has 0 amide bonds. The van der Waals surface area contributed by atoms with E-state index in [0.717, 1.165) is 99.7 Å². The number of para-hydroxylation sites is 2. The molecule has 14 aromatic rings. The lowest BCUT2D eigenvalue weighted by molar-refractivity contribution is 0.672. The van der Waals surface area contributed by atoms with Crippen molar-refractivity contribution in [3.05, 3.63) is 231 Å². The first-order chi connectivity index (χ1) is 32.7. The van der Waals surface area contributed by atoms with Crippen molar-refractivity contribution in [1.82, 2.24) is 4.57 Å². The summed E-state index contributed by atoms with van der Waals surface area (Å²) in [5, 5.41) is 11.5. The Kier molecular flexibility index (Phi) is 7.95. The summed E-state index contributed by atoms with van der Waals surface area (Å²) in [6.07, 6.45) is 0. The molecule has 4 nitrogen and oxygen atoms in total. The number of hydrogen-bond acceptors (Lipinski definition) is 3. The first-order valence-electron chi connectivity index (χ1n) is 22.5. The van der Waals surface area contributed by atoms with Crippen molar-refractivity contribution in [1.29, 1.82) is 0 Å². The zero-order valence-corrected chi connectivity index (χ0v) is 35.7. The van der Waals surface area contributed by atoms with Crippen LogP contribution in [0, 0.1) is 0 Å². The molecular formula is C62H38N2O2. The first kappa shape index (κ1) is 36.6. The molecule has 0 saturated carbocycles. The maximum Gasteiger partial charge on any atom is 0.143 e. The molecule has 3 aromatic heterocycles. The minimum atomic E-state index is 0.879. The minimum absolute atomic E-state index is 0.879. The number of rotatable bonds is 6. The fourth-order valence-electron chi connectivity index (χ4n) is 10.6. The Hall–Kier alpha value is -8.86. The molecule has 0 spiro atoms. The van der Waals surface area contributed by atoms with Gasteiger partial charge in [-0.15, -0.1) is 0 Å². The van der Waals surface area contributed by atoms with Gasteiger partial charge >= 0.3 is 0 Å². The third kappa shape index (κ3) is 5.52. The van der Waals surface area contributed by atoms with Gasteiger partial charge in [-0.3, -0.25) is 0 Å². The van der Waals surface area contributed by atoms with Crippen molar-refractivity contribution >= 4 is 104 Å². The summed E-state index contributed by atoms with van der Waals surface area (Å²) in [6, 6.07) is 82.7. The number of aromatic nitrogens is 1. The summed E-state index contributed by atoms with van der Waals surface area (Å²) in [5.74, 6) is 0. The topological polar surface area (TPSA) is 34.5 Å². The van der Waals surface area contributed by atoms with Gasteiger partial charge in [0.15, 0.2) is 0 Å². The monoisotopic (exact) mass is 842 g/mol.